The average Bonchev–Trinajstić information content (AvgIpc) is 3.57. The maximum atomic E-state index is 12.4. The molecule has 6 rings (SSSR count). The quantitative estimate of drug-likeness (QED) is 0.313. The van der Waals surface area contributed by atoms with Crippen LogP contribution < -0.4 is 5.32 Å². The molecule has 1 aliphatic rings. The predicted octanol–water partition coefficient (Wildman–Crippen LogP) is 5.73. The van der Waals surface area contributed by atoms with E-state index in [1.807, 2.05) is 48.5 Å². The highest BCUT2D eigenvalue weighted by Gasteiger charge is 2.15. The van der Waals surface area contributed by atoms with Gasteiger partial charge in [0.1, 0.15) is 0 Å². The second-order valence-electron chi connectivity index (χ2n) is 8.21. The van der Waals surface area contributed by atoms with Gasteiger partial charge in [-0.3, -0.25) is 20.1 Å². The van der Waals surface area contributed by atoms with Crippen LogP contribution in [-0.2, 0) is 11.2 Å². The summed E-state index contributed by atoms with van der Waals surface area (Å²) < 4.78 is 4.51. The van der Waals surface area contributed by atoms with Gasteiger partial charge in [-0.25, -0.2) is 9.78 Å². The lowest BCUT2D eigenvalue weighted by atomic mass is 10.0. The van der Waals surface area contributed by atoms with E-state index in [4.69, 9.17) is 0 Å². The van der Waals surface area contributed by atoms with Crippen LogP contribution in [0.5, 0.6) is 0 Å². The van der Waals surface area contributed by atoms with Crippen molar-refractivity contribution in [2.24, 2.45) is 4.99 Å². The SMILES string of the molecule is COC(=O)Nc1nc2ccc(C(=O)c3ccccc3)cc2[nH]1.c1ccc(C2=Nc3ccccc3C2)nc1. The topological polar surface area (TPSA) is 109 Å². The summed E-state index contributed by atoms with van der Waals surface area (Å²) in [4.78, 5) is 39.6. The second-order valence-corrected chi connectivity index (χ2v) is 8.21. The molecule has 0 spiro atoms. The highest BCUT2D eigenvalue weighted by molar-refractivity contribution is 6.10. The normalized spacial score (nSPS) is 11.6. The molecule has 1 aliphatic heterocycles. The molecule has 5 aromatic rings. The van der Waals surface area contributed by atoms with Crippen molar-refractivity contribution in [1.29, 1.82) is 0 Å². The van der Waals surface area contributed by atoms with E-state index in [1.165, 1.54) is 12.7 Å². The second kappa shape index (κ2) is 10.7. The third-order valence-electron chi connectivity index (χ3n) is 5.75. The predicted molar refractivity (Wildman–Crippen MR) is 143 cm³/mol. The van der Waals surface area contributed by atoms with Crippen molar-refractivity contribution in [2.75, 3.05) is 12.4 Å². The standard InChI is InChI=1S/C16H13N3O3.C13H10N2/c1-22-16(21)19-15-17-12-8-7-11(9-13(12)18-15)14(20)10-5-3-2-4-6-10;1-2-6-11-10(5-1)9-13(15-11)12-7-3-4-8-14-12/h2-9H,1H3,(H2,17,18,19,21);1-8H,9H2. The molecule has 3 aromatic carbocycles. The minimum atomic E-state index is -0.611. The van der Waals surface area contributed by atoms with Gasteiger partial charge >= 0.3 is 6.09 Å². The number of imidazole rings is 1. The number of nitrogens with one attached hydrogen (secondary N) is 2. The maximum absolute atomic E-state index is 12.4. The molecule has 8 nitrogen and oxygen atoms in total. The van der Waals surface area contributed by atoms with Crippen LogP contribution in [0, 0.1) is 0 Å². The Hall–Kier alpha value is -5.11. The summed E-state index contributed by atoms with van der Waals surface area (Å²) in [6.45, 7) is 0. The van der Waals surface area contributed by atoms with Crippen molar-refractivity contribution in [3.05, 3.63) is 120 Å². The van der Waals surface area contributed by atoms with Crippen LogP contribution >= 0.6 is 0 Å². The molecule has 0 fully saturated rings. The first-order chi connectivity index (χ1) is 18.1. The number of rotatable bonds is 4. The molecule has 0 radical (unpaired) electrons. The number of hydrogen-bond donors (Lipinski definition) is 2. The number of carbonyl (C=O) groups is 2. The fourth-order valence-electron chi connectivity index (χ4n) is 3.93. The van der Waals surface area contributed by atoms with E-state index in [0.717, 1.165) is 23.5 Å². The summed E-state index contributed by atoms with van der Waals surface area (Å²) in [5.74, 6) is 0.200. The lowest BCUT2D eigenvalue weighted by Crippen LogP contribution is -2.11. The van der Waals surface area contributed by atoms with Crippen molar-refractivity contribution in [3.63, 3.8) is 0 Å². The zero-order chi connectivity index (χ0) is 25.6. The van der Waals surface area contributed by atoms with Crippen molar-refractivity contribution < 1.29 is 14.3 Å². The number of aliphatic imine (C=N–C) groups is 1. The molecule has 0 saturated carbocycles. The molecule has 37 heavy (non-hydrogen) atoms. The third-order valence-corrected chi connectivity index (χ3v) is 5.75. The summed E-state index contributed by atoms with van der Waals surface area (Å²) in [6, 6.07) is 28.3. The molecule has 1 amide bonds. The number of H-pyrrole nitrogens is 1. The zero-order valence-electron chi connectivity index (χ0n) is 20.0. The van der Waals surface area contributed by atoms with E-state index in [9.17, 15) is 9.59 Å². The van der Waals surface area contributed by atoms with Crippen molar-refractivity contribution >= 4 is 40.3 Å². The van der Waals surface area contributed by atoms with E-state index in [1.54, 1.807) is 36.5 Å². The first-order valence-corrected chi connectivity index (χ1v) is 11.6. The number of hydrogen-bond acceptors (Lipinski definition) is 6. The van der Waals surface area contributed by atoms with Gasteiger partial charge in [-0.05, 0) is 42.0 Å². The summed E-state index contributed by atoms with van der Waals surface area (Å²) >= 11 is 0. The number of anilines is 1. The van der Waals surface area contributed by atoms with E-state index >= 15 is 0 Å². The van der Waals surface area contributed by atoms with E-state index in [2.05, 4.69) is 42.1 Å². The Morgan fingerprint density at radius 2 is 1.68 bits per heavy atom. The molecular formula is C29H23N5O3. The molecule has 0 aliphatic carbocycles. The van der Waals surface area contributed by atoms with Crippen LogP contribution in [0.4, 0.5) is 16.4 Å². The minimum absolute atomic E-state index is 0.0698. The molecule has 2 aromatic heterocycles. The van der Waals surface area contributed by atoms with Gasteiger partial charge in [0.05, 0.1) is 35.2 Å². The fourth-order valence-corrected chi connectivity index (χ4v) is 3.93. The Bertz CT molecular complexity index is 1590. The van der Waals surface area contributed by atoms with Crippen molar-refractivity contribution in [1.82, 2.24) is 15.0 Å². The van der Waals surface area contributed by atoms with Gasteiger partial charge in [-0.2, -0.15) is 0 Å². The molecule has 0 bridgehead atoms. The number of ketones is 1. The number of pyridine rings is 1. The lowest BCUT2D eigenvalue weighted by molar-refractivity contribution is 0.103. The summed E-state index contributed by atoms with van der Waals surface area (Å²) in [7, 11) is 1.27. The van der Waals surface area contributed by atoms with Gasteiger partial charge in [-0.1, -0.05) is 54.6 Å². The molecule has 3 heterocycles. The fraction of sp³-hybridized carbons (Fsp3) is 0.0690. The minimum Gasteiger partial charge on any atom is -0.453 e. The average molecular weight is 490 g/mol. The number of methoxy groups -OCH3 is 1. The molecule has 0 saturated heterocycles. The third kappa shape index (κ3) is 5.43. The number of benzene rings is 3. The van der Waals surface area contributed by atoms with Gasteiger partial charge in [0.25, 0.3) is 0 Å². The maximum Gasteiger partial charge on any atom is 0.413 e. The number of nitrogens with zero attached hydrogens (tertiary/aromatic N) is 3. The molecule has 0 atom stereocenters. The summed E-state index contributed by atoms with van der Waals surface area (Å²) in [5, 5.41) is 2.45. The zero-order valence-corrected chi connectivity index (χ0v) is 20.0. The van der Waals surface area contributed by atoms with E-state index < -0.39 is 6.09 Å². The van der Waals surface area contributed by atoms with Gasteiger partial charge in [0.2, 0.25) is 5.95 Å². The molecule has 2 N–H and O–H groups in total. The summed E-state index contributed by atoms with van der Waals surface area (Å²) in [6.07, 6.45) is 2.09. The number of fused-ring (bicyclic) bond motifs is 2. The van der Waals surface area contributed by atoms with Gasteiger partial charge in [0, 0.05) is 23.7 Å². The first-order valence-electron chi connectivity index (χ1n) is 11.6. The number of carbonyl (C=O) groups excluding carboxylic acids is 2. The Kier molecular flexibility index (Phi) is 6.80. The Morgan fingerprint density at radius 1 is 0.892 bits per heavy atom. The number of amides is 1. The Balaban J connectivity index is 0.000000162. The monoisotopic (exact) mass is 489 g/mol. The van der Waals surface area contributed by atoms with E-state index in [0.29, 0.717) is 22.2 Å². The smallest absolute Gasteiger partial charge is 0.413 e. The van der Waals surface area contributed by atoms with Crippen LogP contribution in [0.25, 0.3) is 11.0 Å². The Labute approximate surface area is 213 Å². The van der Waals surface area contributed by atoms with Crippen LogP contribution in [0.2, 0.25) is 0 Å². The lowest BCUT2D eigenvalue weighted by Gasteiger charge is -2.00. The van der Waals surface area contributed by atoms with Gasteiger partial charge in [-0.15, -0.1) is 0 Å². The molecule has 0 unspecified atom stereocenters. The molecule has 8 heteroatoms. The van der Waals surface area contributed by atoms with Crippen molar-refractivity contribution in [2.45, 2.75) is 6.42 Å². The van der Waals surface area contributed by atoms with Crippen LogP contribution in [0.1, 0.15) is 27.2 Å². The Morgan fingerprint density at radius 3 is 2.43 bits per heavy atom. The van der Waals surface area contributed by atoms with Crippen LogP contribution in [0.15, 0.2) is 102 Å². The highest BCUT2D eigenvalue weighted by atomic mass is 16.5. The number of aromatic amines is 1. The van der Waals surface area contributed by atoms with Crippen LogP contribution in [-0.4, -0.2) is 39.6 Å². The summed E-state index contributed by atoms with van der Waals surface area (Å²) in [5.41, 5.74) is 6.90. The van der Waals surface area contributed by atoms with Gasteiger partial charge in [0.15, 0.2) is 5.78 Å². The molecule has 182 valence electrons. The molecular weight excluding hydrogens is 466 g/mol. The van der Waals surface area contributed by atoms with E-state index in [-0.39, 0.29) is 11.7 Å². The number of para-hydroxylation sites is 1. The van der Waals surface area contributed by atoms with Crippen molar-refractivity contribution in [3.8, 4) is 0 Å². The number of ether oxygens (including phenoxy) is 1. The highest BCUT2D eigenvalue weighted by Crippen LogP contribution is 2.27. The van der Waals surface area contributed by atoms with Crippen LogP contribution in [0.3, 0.4) is 0 Å². The van der Waals surface area contributed by atoms with Gasteiger partial charge < -0.3 is 9.72 Å². The first kappa shape index (κ1) is 23.6. The number of aromatic nitrogens is 3. The largest absolute Gasteiger partial charge is 0.453 e.